The van der Waals surface area contributed by atoms with Gasteiger partial charge < -0.3 is 9.84 Å². The summed E-state index contributed by atoms with van der Waals surface area (Å²) < 4.78 is 50.2. The summed E-state index contributed by atoms with van der Waals surface area (Å²) in [7, 11) is -2.44. The minimum atomic E-state index is -3.86. The highest BCUT2D eigenvalue weighted by molar-refractivity contribution is 7.89. The van der Waals surface area contributed by atoms with Crippen molar-refractivity contribution in [2.45, 2.75) is 11.4 Å². The lowest BCUT2D eigenvalue weighted by Gasteiger charge is -2.19. The number of rotatable bonds is 8. The smallest absolute Gasteiger partial charge is 0.341 e. The summed E-state index contributed by atoms with van der Waals surface area (Å²) in [5.74, 6) is -1.36. The Balaban J connectivity index is 1.68. The lowest BCUT2D eigenvalue weighted by Crippen LogP contribution is -2.26. The van der Waals surface area contributed by atoms with E-state index in [0.717, 1.165) is 16.4 Å². The number of hydrogen-bond acceptors (Lipinski definition) is 7. The summed E-state index contributed by atoms with van der Waals surface area (Å²) in [6.45, 7) is -0.529. The van der Waals surface area contributed by atoms with Gasteiger partial charge in [0.25, 0.3) is 0 Å². The number of hydrogen-bond donors (Lipinski definition) is 1. The molecule has 0 aliphatic carbocycles. The Hall–Kier alpha value is -3.83. The Bertz CT molecular complexity index is 1420. The Morgan fingerprint density at radius 3 is 2.52 bits per heavy atom. The molecule has 4 aromatic rings. The summed E-state index contributed by atoms with van der Waals surface area (Å²) >= 11 is 0. The first-order chi connectivity index (χ1) is 15.7. The van der Waals surface area contributed by atoms with Crippen molar-refractivity contribution in [2.75, 3.05) is 13.7 Å². The maximum Gasteiger partial charge on any atom is 0.341 e. The van der Waals surface area contributed by atoms with E-state index in [0.29, 0.717) is 33.5 Å². The van der Waals surface area contributed by atoms with Crippen molar-refractivity contribution in [3.05, 3.63) is 72.0 Å². The molecule has 33 heavy (non-hydrogen) atoms. The fourth-order valence-corrected chi connectivity index (χ4v) is 4.40. The van der Waals surface area contributed by atoms with Crippen molar-refractivity contribution in [3.8, 4) is 16.9 Å². The molecule has 4 rings (SSSR count). The molecule has 1 heterocycles. The lowest BCUT2D eigenvalue weighted by molar-refractivity contribution is -0.139. The van der Waals surface area contributed by atoms with Gasteiger partial charge >= 0.3 is 5.97 Å². The molecule has 1 N–H and O–H groups in total. The van der Waals surface area contributed by atoms with Gasteiger partial charge in [0.2, 0.25) is 10.0 Å². The number of carboxylic acid groups (broad SMARTS) is 1. The SMILES string of the molecule is CN(Cc1ccc(OCC(=O)O)c(-c2ccc3nonc3c2)c1)S(=O)(=O)c1ccc(F)cc1. The lowest BCUT2D eigenvalue weighted by atomic mass is 10.0. The van der Waals surface area contributed by atoms with Gasteiger partial charge in [-0.1, -0.05) is 12.1 Å². The summed E-state index contributed by atoms with van der Waals surface area (Å²) in [4.78, 5) is 11.0. The van der Waals surface area contributed by atoms with E-state index >= 15 is 0 Å². The molecule has 0 aliphatic rings. The van der Waals surface area contributed by atoms with E-state index in [1.54, 1.807) is 36.4 Å². The van der Waals surface area contributed by atoms with Gasteiger partial charge in [0.1, 0.15) is 22.6 Å². The molecule has 0 amide bonds. The normalized spacial score (nSPS) is 11.7. The molecule has 9 nitrogen and oxygen atoms in total. The van der Waals surface area contributed by atoms with E-state index in [9.17, 15) is 17.6 Å². The Morgan fingerprint density at radius 1 is 1.06 bits per heavy atom. The molecule has 0 fully saturated rings. The fourth-order valence-electron chi connectivity index (χ4n) is 3.24. The number of carbonyl (C=O) groups is 1. The third-order valence-corrected chi connectivity index (χ3v) is 6.70. The van der Waals surface area contributed by atoms with Crippen molar-refractivity contribution in [1.29, 1.82) is 0 Å². The number of halogens is 1. The number of benzene rings is 3. The Kier molecular flexibility index (Phi) is 6.07. The van der Waals surface area contributed by atoms with Gasteiger partial charge in [0.15, 0.2) is 6.61 Å². The number of aliphatic carboxylic acids is 1. The van der Waals surface area contributed by atoms with Crippen LogP contribution in [0.5, 0.6) is 5.75 Å². The van der Waals surface area contributed by atoms with Gasteiger partial charge in [-0.2, -0.15) is 4.31 Å². The monoisotopic (exact) mass is 471 g/mol. The second-order valence-electron chi connectivity index (χ2n) is 7.20. The molecule has 0 saturated carbocycles. The molecule has 0 aliphatic heterocycles. The van der Waals surface area contributed by atoms with Gasteiger partial charge in [-0.25, -0.2) is 22.2 Å². The minimum Gasteiger partial charge on any atom is -0.481 e. The number of sulfonamides is 1. The van der Waals surface area contributed by atoms with Crippen LogP contribution in [-0.4, -0.2) is 47.8 Å². The van der Waals surface area contributed by atoms with Crippen LogP contribution in [0.4, 0.5) is 4.39 Å². The van der Waals surface area contributed by atoms with Crippen LogP contribution in [0.1, 0.15) is 5.56 Å². The Morgan fingerprint density at radius 2 is 1.79 bits per heavy atom. The van der Waals surface area contributed by atoms with Crippen molar-refractivity contribution in [3.63, 3.8) is 0 Å². The van der Waals surface area contributed by atoms with Crippen molar-refractivity contribution >= 4 is 27.0 Å². The topological polar surface area (TPSA) is 123 Å². The first-order valence-corrected chi connectivity index (χ1v) is 11.1. The summed E-state index contributed by atoms with van der Waals surface area (Å²) in [6, 6.07) is 14.7. The van der Waals surface area contributed by atoms with Crippen LogP contribution in [-0.2, 0) is 21.4 Å². The van der Waals surface area contributed by atoms with Crippen LogP contribution < -0.4 is 4.74 Å². The zero-order valence-corrected chi connectivity index (χ0v) is 18.1. The van der Waals surface area contributed by atoms with Gasteiger partial charge in [-0.05, 0) is 70.0 Å². The number of fused-ring (bicyclic) bond motifs is 1. The number of carboxylic acids is 1. The van der Waals surface area contributed by atoms with Crippen LogP contribution >= 0.6 is 0 Å². The minimum absolute atomic E-state index is 0.0136. The van der Waals surface area contributed by atoms with Gasteiger partial charge in [0, 0.05) is 19.2 Å². The van der Waals surface area contributed by atoms with Gasteiger partial charge in [0.05, 0.1) is 4.90 Å². The van der Waals surface area contributed by atoms with E-state index in [1.807, 2.05) is 0 Å². The van der Waals surface area contributed by atoms with Crippen LogP contribution in [0.25, 0.3) is 22.2 Å². The van der Waals surface area contributed by atoms with Crippen molar-refractivity contribution in [1.82, 2.24) is 14.6 Å². The molecule has 0 spiro atoms. The predicted octanol–water partition coefficient (Wildman–Crippen LogP) is 3.31. The molecule has 0 unspecified atom stereocenters. The van der Waals surface area contributed by atoms with Crippen LogP contribution in [0, 0.1) is 5.82 Å². The Labute approximate surface area is 188 Å². The first-order valence-electron chi connectivity index (χ1n) is 9.66. The molecular weight excluding hydrogens is 453 g/mol. The van der Waals surface area contributed by atoms with E-state index < -0.39 is 28.4 Å². The molecule has 1 aromatic heterocycles. The molecule has 170 valence electrons. The largest absolute Gasteiger partial charge is 0.481 e. The quantitative estimate of drug-likeness (QED) is 0.415. The second-order valence-corrected chi connectivity index (χ2v) is 9.24. The molecule has 0 atom stereocenters. The van der Waals surface area contributed by atoms with Crippen molar-refractivity contribution in [2.24, 2.45) is 0 Å². The molecule has 3 aromatic carbocycles. The predicted molar refractivity (Wildman–Crippen MR) is 115 cm³/mol. The van der Waals surface area contributed by atoms with E-state index in [-0.39, 0.29) is 11.4 Å². The van der Waals surface area contributed by atoms with E-state index in [2.05, 4.69) is 10.3 Å². The highest BCUT2D eigenvalue weighted by Crippen LogP contribution is 2.33. The fraction of sp³-hybridized carbons (Fsp3) is 0.136. The van der Waals surface area contributed by atoms with Crippen LogP contribution in [0.15, 0.2) is 70.2 Å². The average molecular weight is 471 g/mol. The first kappa shape index (κ1) is 22.4. The molecule has 0 bridgehead atoms. The number of nitrogens with zero attached hydrogens (tertiary/aromatic N) is 3. The maximum absolute atomic E-state index is 13.2. The highest BCUT2D eigenvalue weighted by Gasteiger charge is 2.22. The molecular formula is C22H18FN3O6S. The van der Waals surface area contributed by atoms with Gasteiger partial charge in [-0.3, -0.25) is 0 Å². The standard InChI is InChI=1S/C22H18FN3O6S/c1-26(33(29,30)17-6-4-16(23)5-7-17)12-14-2-9-21(31-13-22(27)28)18(10-14)15-3-8-19-20(11-15)25-32-24-19/h2-11H,12-13H2,1H3,(H,27,28). The number of aromatic nitrogens is 2. The second kappa shape index (κ2) is 8.96. The molecule has 11 heteroatoms. The zero-order valence-electron chi connectivity index (χ0n) is 17.3. The summed E-state index contributed by atoms with van der Waals surface area (Å²) in [6.07, 6.45) is 0. The van der Waals surface area contributed by atoms with Gasteiger partial charge in [-0.15, -0.1) is 0 Å². The zero-order chi connectivity index (χ0) is 23.6. The third-order valence-electron chi connectivity index (χ3n) is 4.89. The summed E-state index contributed by atoms with van der Waals surface area (Å²) in [5.41, 5.74) is 2.88. The van der Waals surface area contributed by atoms with Crippen LogP contribution in [0.2, 0.25) is 0 Å². The van der Waals surface area contributed by atoms with E-state index in [1.165, 1.54) is 19.2 Å². The molecule has 0 saturated heterocycles. The van der Waals surface area contributed by atoms with Crippen LogP contribution in [0.3, 0.4) is 0 Å². The highest BCUT2D eigenvalue weighted by atomic mass is 32.2. The average Bonchev–Trinajstić information content (AvgIpc) is 3.26. The van der Waals surface area contributed by atoms with E-state index in [4.69, 9.17) is 14.5 Å². The van der Waals surface area contributed by atoms with Crippen molar-refractivity contribution < 1.29 is 32.1 Å². The number of ether oxygens (including phenoxy) is 1. The maximum atomic E-state index is 13.2. The third kappa shape index (κ3) is 4.83. The summed E-state index contributed by atoms with van der Waals surface area (Å²) in [5, 5.41) is 16.6. The molecule has 0 radical (unpaired) electrons.